The van der Waals surface area contributed by atoms with Crippen LogP contribution in [-0.4, -0.2) is 11.0 Å². The van der Waals surface area contributed by atoms with E-state index >= 15 is 0 Å². The van der Waals surface area contributed by atoms with E-state index in [4.69, 9.17) is 5.11 Å². The van der Waals surface area contributed by atoms with Crippen molar-refractivity contribution in [1.29, 1.82) is 0 Å². The molecule has 1 rings (SSSR count). The van der Waals surface area contributed by atoms with Crippen molar-refractivity contribution in [3.05, 3.63) is 29.8 Å². The normalized spacial score (nSPS) is 11.2. The van der Waals surface area contributed by atoms with E-state index in [1.807, 2.05) is 20.8 Å². The van der Waals surface area contributed by atoms with Crippen LogP contribution in [0.1, 0.15) is 32.8 Å². The number of amides is 1. The fourth-order valence-electron chi connectivity index (χ4n) is 1.38. The first-order chi connectivity index (χ1) is 7.40. The molecule has 0 saturated carbocycles. The average molecular weight is 221 g/mol. The molecule has 1 amide bonds. The number of benzene rings is 1. The van der Waals surface area contributed by atoms with Crippen LogP contribution in [0.2, 0.25) is 0 Å². The summed E-state index contributed by atoms with van der Waals surface area (Å²) in [5.74, 6) is 0.0178. The molecule has 0 atom stereocenters. The maximum atomic E-state index is 11.6. The van der Waals surface area contributed by atoms with Gasteiger partial charge in [0.1, 0.15) is 0 Å². The molecule has 0 radical (unpaired) electrons. The van der Waals surface area contributed by atoms with Crippen LogP contribution in [-0.2, 0) is 11.4 Å². The highest BCUT2D eigenvalue weighted by atomic mass is 16.3. The monoisotopic (exact) mass is 221 g/mol. The summed E-state index contributed by atoms with van der Waals surface area (Å²) < 4.78 is 0. The van der Waals surface area contributed by atoms with Gasteiger partial charge in [0, 0.05) is 12.1 Å². The summed E-state index contributed by atoms with van der Waals surface area (Å²) in [6.45, 7) is 6.11. The summed E-state index contributed by atoms with van der Waals surface area (Å²) in [6.07, 6.45) is 0.495. The second kappa shape index (κ2) is 5.12. The Balaban J connectivity index is 2.56. The maximum Gasteiger partial charge on any atom is 0.224 e. The van der Waals surface area contributed by atoms with Crippen LogP contribution in [0.5, 0.6) is 0 Å². The highest BCUT2D eigenvalue weighted by molar-refractivity contribution is 5.91. The Morgan fingerprint density at radius 2 is 1.81 bits per heavy atom. The second-order valence-corrected chi connectivity index (χ2v) is 5.14. The van der Waals surface area contributed by atoms with Crippen LogP contribution < -0.4 is 5.32 Å². The minimum atomic E-state index is -0.00484. The first-order valence-corrected chi connectivity index (χ1v) is 5.40. The third kappa shape index (κ3) is 4.45. The van der Waals surface area contributed by atoms with Crippen molar-refractivity contribution in [2.24, 2.45) is 5.41 Å². The third-order valence-corrected chi connectivity index (χ3v) is 2.11. The van der Waals surface area contributed by atoms with Gasteiger partial charge in [0.15, 0.2) is 0 Å². The van der Waals surface area contributed by atoms with E-state index in [0.717, 1.165) is 11.3 Å². The van der Waals surface area contributed by atoms with Crippen LogP contribution in [0.4, 0.5) is 5.69 Å². The predicted molar refractivity (Wildman–Crippen MR) is 65.1 cm³/mol. The van der Waals surface area contributed by atoms with Crippen molar-refractivity contribution in [3.8, 4) is 0 Å². The number of carbonyl (C=O) groups excluding carboxylic acids is 1. The summed E-state index contributed by atoms with van der Waals surface area (Å²) >= 11 is 0. The molecule has 88 valence electrons. The quantitative estimate of drug-likeness (QED) is 0.824. The van der Waals surface area contributed by atoms with Gasteiger partial charge in [-0.15, -0.1) is 0 Å². The smallest absolute Gasteiger partial charge is 0.224 e. The van der Waals surface area contributed by atoms with Crippen LogP contribution >= 0.6 is 0 Å². The largest absolute Gasteiger partial charge is 0.392 e. The minimum absolute atomic E-state index is 0.00484. The summed E-state index contributed by atoms with van der Waals surface area (Å²) in [7, 11) is 0. The van der Waals surface area contributed by atoms with Crippen molar-refractivity contribution < 1.29 is 9.90 Å². The molecular formula is C13H19NO2. The van der Waals surface area contributed by atoms with Crippen LogP contribution in [0, 0.1) is 5.41 Å². The van der Waals surface area contributed by atoms with E-state index in [9.17, 15) is 4.79 Å². The number of carbonyl (C=O) groups is 1. The van der Waals surface area contributed by atoms with Gasteiger partial charge in [-0.1, -0.05) is 32.9 Å². The highest BCUT2D eigenvalue weighted by Crippen LogP contribution is 2.19. The first-order valence-electron chi connectivity index (χ1n) is 5.40. The lowest BCUT2D eigenvalue weighted by molar-refractivity contribution is -0.117. The van der Waals surface area contributed by atoms with Crippen molar-refractivity contribution in [3.63, 3.8) is 0 Å². The number of anilines is 1. The fourth-order valence-corrected chi connectivity index (χ4v) is 1.38. The summed E-state index contributed by atoms with van der Waals surface area (Å²) in [4.78, 5) is 11.6. The zero-order chi connectivity index (χ0) is 12.2. The van der Waals surface area contributed by atoms with E-state index in [1.54, 1.807) is 24.3 Å². The maximum absolute atomic E-state index is 11.6. The van der Waals surface area contributed by atoms with Gasteiger partial charge < -0.3 is 10.4 Å². The number of aliphatic hydroxyl groups excluding tert-OH is 1. The van der Waals surface area contributed by atoms with Crippen molar-refractivity contribution in [2.45, 2.75) is 33.8 Å². The van der Waals surface area contributed by atoms with E-state index in [-0.39, 0.29) is 17.9 Å². The Morgan fingerprint density at radius 1 is 1.25 bits per heavy atom. The lowest BCUT2D eigenvalue weighted by Crippen LogP contribution is -2.19. The van der Waals surface area contributed by atoms with Crippen molar-refractivity contribution in [2.75, 3.05) is 5.32 Å². The van der Waals surface area contributed by atoms with Gasteiger partial charge in [-0.3, -0.25) is 4.79 Å². The highest BCUT2D eigenvalue weighted by Gasteiger charge is 2.15. The lowest BCUT2D eigenvalue weighted by Gasteiger charge is -2.17. The Morgan fingerprint density at radius 3 is 2.25 bits per heavy atom. The molecule has 0 unspecified atom stereocenters. The van der Waals surface area contributed by atoms with Gasteiger partial charge >= 0.3 is 0 Å². The summed E-state index contributed by atoms with van der Waals surface area (Å²) in [6, 6.07) is 7.19. The number of aliphatic hydroxyl groups is 1. The minimum Gasteiger partial charge on any atom is -0.392 e. The molecule has 0 saturated heterocycles. The van der Waals surface area contributed by atoms with Crippen LogP contribution in [0.15, 0.2) is 24.3 Å². The Kier molecular flexibility index (Phi) is 4.07. The lowest BCUT2D eigenvalue weighted by atomic mass is 9.92. The van der Waals surface area contributed by atoms with Crippen molar-refractivity contribution >= 4 is 11.6 Å². The van der Waals surface area contributed by atoms with E-state index in [2.05, 4.69) is 5.32 Å². The average Bonchev–Trinajstić information content (AvgIpc) is 2.16. The Hall–Kier alpha value is -1.35. The van der Waals surface area contributed by atoms with Crippen LogP contribution in [0.25, 0.3) is 0 Å². The number of hydrogen-bond acceptors (Lipinski definition) is 2. The molecule has 0 spiro atoms. The van der Waals surface area contributed by atoms with Crippen LogP contribution in [0.3, 0.4) is 0 Å². The van der Waals surface area contributed by atoms with Gasteiger partial charge in [-0.05, 0) is 23.1 Å². The molecule has 0 aliphatic carbocycles. The van der Waals surface area contributed by atoms with E-state index < -0.39 is 0 Å². The standard InChI is InChI=1S/C13H19NO2/c1-13(2,3)8-12(16)14-11-6-4-10(9-15)5-7-11/h4-7,15H,8-9H2,1-3H3,(H,14,16). The number of hydrogen-bond donors (Lipinski definition) is 2. The molecule has 3 nitrogen and oxygen atoms in total. The molecule has 0 aliphatic rings. The number of nitrogens with one attached hydrogen (secondary N) is 1. The Labute approximate surface area is 96.5 Å². The molecule has 1 aromatic carbocycles. The molecule has 3 heteroatoms. The molecular weight excluding hydrogens is 202 g/mol. The fraction of sp³-hybridized carbons (Fsp3) is 0.462. The molecule has 0 heterocycles. The van der Waals surface area contributed by atoms with Gasteiger partial charge in [-0.25, -0.2) is 0 Å². The van der Waals surface area contributed by atoms with E-state index in [0.29, 0.717) is 6.42 Å². The summed E-state index contributed by atoms with van der Waals surface area (Å²) in [5, 5.41) is 11.7. The van der Waals surface area contributed by atoms with Crippen molar-refractivity contribution in [1.82, 2.24) is 0 Å². The predicted octanol–water partition coefficient (Wildman–Crippen LogP) is 2.55. The second-order valence-electron chi connectivity index (χ2n) is 5.14. The molecule has 0 bridgehead atoms. The summed E-state index contributed by atoms with van der Waals surface area (Å²) in [5.41, 5.74) is 1.61. The molecule has 1 aromatic rings. The first kappa shape index (κ1) is 12.7. The van der Waals surface area contributed by atoms with Gasteiger partial charge in [0.2, 0.25) is 5.91 Å². The molecule has 0 fully saturated rings. The molecule has 0 aliphatic heterocycles. The zero-order valence-corrected chi connectivity index (χ0v) is 10.1. The zero-order valence-electron chi connectivity index (χ0n) is 10.1. The Bertz CT molecular complexity index is 349. The van der Waals surface area contributed by atoms with Gasteiger partial charge in [-0.2, -0.15) is 0 Å². The number of rotatable bonds is 3. The SMILES string of the molecule is CC(C)(C)CC(=O)Nc1ccc(CO)cc1. The van der Waals surface area contributed by atoms with Gasteiger partial charge in [0.25, 0.3) is 0 Å². The third-order valence-electron chi connectivity index (χ3n) is 2.11. The molecule has 16 heavy (non-hydrogen) atoms. The molecule has 2 N–H and O–H groups in total. The molecule has 0 aromatic heterocycles. The topological polar surface area (TPSA) is 49.3 Å². The van der Waals surface area contributed by atoms with Gasteiger partial charge in [0.05, 0.1) is 6.61 Å². The van der Waals surface area contributed by atoms with E-state index in [1.165, 1.54) is 0 Å².